The molecule has 0 amide bonds. The molecule has 0 N–H and O–H groups in total. The molecule has 2 aliphatic rings. The molecule has 0 bridgehead atoms. The van der Waals surface area contributed by atoms with E-state index in [0.717, 1.165) is 41.7 Å². The van der Waals surface area contributed by atoms with Gasteiger partial charge >= 0.3 is 0 Å². The van der Waals surface area contributed by atoms with Crippen molar-refractivity contribution in [3.63, 3.8) is 0 Å². The SMILES string of the molecule is C/C=C/CCc1ccc(C#Cc2ccc(C3CCC4CC(/C=C/C)CCC4C3)cc2)c(F)c1. The molecule has 2 saturated carbocycles. The Morgan fingerprint density at radius 3 is 2.42 bits per heavy atom. The van der Waals surface area contributed by atoms with Crippen molar-refractivity contribution in [2.75, 3.05) is 0 Å². The number of halogens is 1. The predicted octanol–water partition coefficient (Wildman–Crippen LogP) is 8.61. The first-order valence-electron chi connectivity index (χ1n) is 12.8. The van der Waals surface area contributed by atoms with Crippen LogP contribution in [-0.2, 0) is 6.42 Å². The Kier molecular flexibility index (Phi) is 8.22. The van der Waals surface area contributed by atoms with Gasteiger partial charge in [-0.25, -0.2) is 4.39 Å². The molecule has 33 heavy (non-hydrogen) atoms. The summed E-state index contributed by atoms with van der Waals surface area (Å²) in [5.74, 6) is 9.27. The van der Waals surface area contributed by atoms with Crippen LogP contribution in [0, 0.1) is 35.4 Å². The molecule has 0 aromatic heterocycles. The van der Waals surface area contributed by atoms with Crippen molar-refractivity contribution >= 4 is 0 Å². The van der Waals surface area contributed by atoms with Crippen molar-refractivity contribution in [3.8, 4) is 11.8 Å². The number of hydrogen-bond donors (Lipinski definition) is 0. The number of aryl methyl sites for hydroxylation is 1. The van der Waals surface area contributed by atoms with Gasteiger partial charge in [0, 0.05) is 5.56 Å². The van der Waals surface area contributed by atoms with Gasteiger partial charge < -0.3 is 0 Å². The largest absolute Gasteiger partial charge is 0.206 e. The van der Waals surface area contributed by atoms with Crippen LogP contribution in [0.5, 0.6) is 0 Å². The number of benzene rings is 2. The standard InChI is InChI=1S/C32H37F/c1-3-5-6-8-26-12-17-28(32(33)22-26)16-11-24-9-14-27(15-10-24)30-20-19-29-21-25(7-4-2)13-18-31(29)23-30/h3-5,7,9-10,12,14-15,17,22,25,29-31H,6,8,13,18-21,23H2,1-2H3/b5-3+,7-4+. The first-order valence-corrected chi connectivity index (χ1v) is 12.8. The molecule has 0 radical (unpaired) electrons. The molecule has 172 valence electrons. The van der Waals surface area contributed by atoms with E-state index in [-0.39, 0.29) is 5.82 Å². The molecule has 2 fully saturated rings. The van der Waals surface area contributed by atoms with Crippen LogP contribution >= 0.6 is 0 Å². The summed E-state index contributed by atoms with van der Waals surface area (Å²) in [5, 5.41) is 0. The molecular formula is C32H37F. The Morgan fingerprint density at radius 2 is 1.67 bits per heavy atom. The van der Waals surface area contributed by atoms with Crippen molar-refractivity contribution in [1.29, 1.82) is 0 Å². The van der Waals surface area contributed by atoms with Crippen molar-refractivity contribution in [3.05, 3.63) is 94.8 Å². The van der Waals surface area contributed by atoms with Crippen LogP contribution in [0.25, 0.3) is 0 Å². The van der Waals surface area contributed by atoms with Crippen molar-refractivity contribution < 1.29 is 4.39 Å². The lowest BCUT2D eigenvalue weighted by atomic mass is 9.64. The minimum atomic E-state index is -0.224. The second-order valence-corrected chi connectivity index (χ2v) is 9.92. The molecule has 0 saturated heterocycles. The average Bonchev–Trinajstić information content (AvgIpc) is 2.84. The highest BCUT2D eigenvalue weighted by atomic mass is 19.1. The van der Waals surface area contributed by atoms with E-state index in [4.69, 9.17) is 0 Å². The van der Waals surface area contributed by atoms with Gasteiger partial charge in [0.1, 0.15) is 5.82 Å². The number of rotatable bonds is 5. The van der Waals surface area contributed by atoms with E-state index in [1.165, 1.54) is 44.1 Å². The lowest BCUT2D eigenvalue weighted by Crippen LogP contribution is -2.30. The van der Waals surface area contributed by atoms with Crippen molar-refractivity contribution in [2.45, 2.75) is 71.1 Å². The van der Waals surface area contributed by atoms with E-state index in [2.05, 4.69) is 61.3 Å². The fourth-order valence-corrected chi connectivity index (χ4v) is 5.89. The Hall–Kier alpha value is -2.59. The third-order valence-electron chi connectivity index (χ3n) is 7.71. The normalized spacial score (nSPS) is 25.1. The van der Waals surface area contributed by atoms with Gasteiger partial charge in [0.2, 0.25) is 0 Å². The van der Waals surface area contributed by atoms with Crippen LogP contribution in [0.2, 0.25) is 0 Å². The van der Waals surface area contributed by atoms with E-state index in [0.29, 0.717) is 11.5 Å². The fourth-order valence-electron chi connectivity index (χ4n) is 5.89. The van der Waals surface area contributed by atoms with E-state index in [9.17, 15) is 4.39 Å². The molecule has 2 aromatic rings. The zero-order valence-corrected chi connectivity index (χ0v) is 20.2. The third-order valence-corrected chi connectivity index (χ3v) is 7.71. The maximum atomic E-state index is 14.4. The molecule has 0 heterocycles. The maximum Gasteiger partial charge on any atom is 0.139 e. The van der Waals surface area contributed by atoms with E-state index in [1.54, 1.807) is 6.07 Å². The summed E-state index contributed by atoms with van der Waals surface area (Å²) in [4.78, 5) is 0. The predicted molar refractivity (Wildman–Crippen MR) is 138 cm³/mol. The van der Waals surface area contributed by atoms with Gasteiger partial charge in [0.05, 0.1) is 5.56 Å². The highest BCUT2D eigenvalue weighted by Gasteiger charge is 2.35. The molecule has 4 unspecified atom stereocenters. The third kappa shape index (κ3) is 6.26. The van der Waals surface area contributed by atoms with Crippen molar-refractivity contribution in [1.82, 2.24) is 0 Å². The Morgan fingerprint density at radius 1 is 0.879 bits per heavy atom. The van der Waals surface area contributed by atoms with Crippen LogP contribution < -0.4 is 0 Å². The summed E-state index contributed by atoms with van der Waals surface area (Å²) >= 11 is 0. The van der Waals surface area contributed by atoms with Gasteiger partial charge in [-0.3, -0.25) is 0 Å². The minimum absolute atomic E-state index is 0.224. The zero-order valence-electron chi connectivity index (χ0n) is 20.2. The smallest absolute Gasteiger partial charge is 0.139 e. The molecule has 0 spiro atoms. The molecule has 1 heteroatoms. The first-order chi connectivity index (χ1) is 16.2. The van der Waals surface area contributed by atoms with E-state index in [1.807, 2.05) is 25.1 Å². The monoisotopic (exact) mass is 440 g/mol. The van der Waals surface area contributed by atoms with Gasteiger partial charge in [0.15, 0.2) is 0 Å². The molecular weight excluding hydrogens is 403 g/mol. The quantitative estimate of drug-likeness (QED) is 0.322. The van der Waals surface area contributed by atoms with Gasteiger partial charge in [-0.2, -0.15) is 0 Å². The summed E-state index contributed by atoms with van der Waals surface area (Å²) < 4.78 is 14.4. The van der Waals surface area contributed by atoms with Crippen molar-refractivity contribution in [2.24, 2.45) is 17.8 Å². The van der Waals surface area contributed by atoms with Gasteiger partial charge in [-0.1, -0.05) is 54.3 Å². The van der Waals surface area contributed by atoms with Gasteiger partial charge in [-0.15, -0.1) is 0 Å². The fraction of sp³-hybridized carbons (Fsp3) is 0.438. The van der Waals surface area contributed by atoms with Crippen LogP contribution in [0.3, 0.4) is 0 Å². The maximum absolute atomic E-state index is 14.4. The Balaban J connectivity index is 1.36. The Labute approximate surface area is 200 Å². The molecule has 2 aliphatic carbocycles. The average molecular weight is 441 g/mol. The highest BCUT2D eigenvalue weighted by Crippen LogP contribution is 2.47. The lowest BCUT2D eigenvalue weighted by molar-refractivity contribution is 0.133. The molecule has 0 nitrogen and oxygen atoms in total. The molecule has 0 aliphatic heterocycles. The van der Waals surface area contributed by atoms with E-state index >= 15 is 0 Å². The molecule has 2 aromatic carbocycles. The van der Waals surface area contributed by atoms with Gasteiger partial charge in [0.25, 0.3) is 0 Å². The Bertz CT molecular complexity index is 1030. The summed E-state index contributed by atoms with van der Waals surface area (Å²) in [5.41, 5.74) is 3.90. The van der Waals surface area contributed by atoms with Gasteiger partial charge in [-0.05, 0) is 124 Å². The molecule has 4 rings (SSSR count). The van der Waals surface area contributed by atoms with Crippen LogP contribution in [0.15, 0.2) is 66.8 Å². The highest BCUT2D eigenvalue weighted by molar-refractivity contribution is 5.45. The van der Waals surface area contributed by atoms with Crippen LogP contribution in [0.1, 0.15) is 87.0 Å². The van der Waals surface area contributed by atoms with E-state index < -0.39 is 0 Å². The van der Waals surface area contributed by atoms with Crippen LogP contribution in [0.4, 0.5) is 4.39 Å². The summed E-state index contributed by atoms with van der Waals surface area (Å²) in [7, 11) is 0. The molecule has 4 atom stereocenters. The lowest BCUT2D eigenvalue weighted by Gasteiger charge is -2.41. The number of hydrogen-bond acceptors (Lipinski definition) is 0. The van der Waals surface area contributed by atoms with Crippen LogP contribution in [-0.4, -0.2) is 0 Å². The topological polar surface area (TPSA) is 0 Å². The minimum Gasteiger partial charge on any atom is -0.206 e. The number of fused-ring (bicyclic) bond motifs is 1. The summed E-state index contributed by atoms with van der Waals surface area (Å²) in [6.07, 6.45) is 18.7. The first kappa shape index (κ1) is 23.6. The summed E-state index contributed by atoms with van der Waals surface area (Å²) in [6.45, 7) is 4.16. The summed E-state index contributed by atoms with van der Waals surface area (Å²) in [6, 6.07) is 14.1. The second kappa shape index (κ2) is 11.5. The zero-order chi connectivity index (χ0) is 23.0. The second-order valence-electron chi connectivity index (χ2n) is 9.92. The number of allylic oxidation sites excluding steroid dienone is 4.